The monoisotopic (exact) mass is 515 g/mol. The number of benzene rings is 2. The van der Waals surface area contributed by atoms with Gasteiger partial charge < -0.3 is 10.1 Å². The molecule has 0 bridgehead atoms. The number of carbonyl (C=O) groups excluding carboxylic acids is 1. The van der Waals surface area contributed by atoms with Crippen molar-refractivity contribution in [2.45, 2.75) is 29.1 Å². The first kappa shape index (κ1) is 25.4. The molecular weight excluding hydrogens is 490 g/mol. The van der Waals surface area contributed by atoms with Gasteiger partial charge in [-0.2, -0.15) is 8.61 Å². The summed E-state index contributed by atoms with van der Waals surface area (Å²) in [6.45, 7) is 0.407. The fourth-order valence-corrected chi connectivity index (χ4v) is 6.26. The number of piperidine rings is 1. The summed E-state index contributed by atoms with van der Waals surface area (Å²) in [5, 5.41) is 2.96. The minimum absolute atomic E-state index is 0.00518. The molecule has 12 heteroatoms. The number of hydrogen-bond donors (Lipinski definition) is 1. The molecule has 1 saturated heterocycles. The van der Waals surface area contributed by atoms with Crippen LogP contribution in [0.2, 0.25) is 5.02 Å². The highest BCUT2D eigenvalue weighted by molar-refractivity contribution is 7.89. The molecule has 9 nitrogen and oxygen atoms in total. The van der Waals surface area contributed by atoms with E-state index in [0.29, 0.717) is 18.1 Å². The van der Waals surface area contributed by atoms with Crippen molar-refractivity contribution in [2.24, 2.45) is 0 Å². The summed E-state index contributed by atoms with van der Waals surface area (Å²) in [5.41, 5.74) is 0.137. The second-order valence-corrected chi connectivity index (χ2v) is 12.0. The van der Waals surface area contributed by atoms with Crippen LogP contribution in [0.25, 0.3) is 0 Å². The number of nitrogens with zero attached hydrogens (tertiary/aromatic N) is 2. The second kappa shape index (κ2) is 10.4. The molecule has 0 aromatic heterocycles. The van der Waals surface area contributed by atoms with E-state index < -0.39 is 32.5 Å². The van der Waals surface area contributed by atoms with Crippen molar-refractivity contribution in [1.29, 1.82) is 0 Å². The van der Waals surface area contributed by atoms with Crippen LogP contribution in [0.4, 0.5) is 5.69 Å². The van der Waals surface area contributed by atoms with Gasteiger partial charge in [0.25, 0.3) is 0 Å². The molecule has 1 N–H and O–H groups in total. The Morgan fingerprint density at radius 1 is 1.03 bits per heavy atom. The van der Waals surface area contributed by atoms with E-state index in [0.717, 1.165) is 23.6 Å². The van der Waals surface area contributed by atoms with Gasteiger partial charge in [-0.05, 0) is 55.3 Å². The van der Waals surface area contributed by atoms with Crippen LogP contribution in [0.1, 0.15) is 19.3 Å². The summed E-state index contributed by atoms with van der Waals surface area (Å²) in [7, 11) is -4.98. The number of methoxy groups -OCH3 is 1. The van der Waals surface area contributed by atoms with Crippen molar-refractivity contribution in [2.75, 3.05) is 39.1 Å². The predicted octanol–water partition coefficient (Wildman–Crippen LogP) is 2.78. The number of anilines is 1. The number of likely N-dealkylation sites (N-methyl/N-ethyl adjacent to an activating group) is 1. The third kappa shape index (κ3) is 5.85. The molecule has 0 aliphatic carbocycles. The van der Waals surface area contributed by atoms with Crippen molar-refractivity contribution >= 4 is 43.2 Å². The first-order valence-corrected chi connectivity index (χ1v) is 13.5. The molecule has 1 fully saturated rings. The lowest BCUT2D eigenvalue weighted by Crippen LogP contribution is -2.36. The molecule has 2 aromatic rings. The lowest BCUT2D eigenvalue weighted by Gasteiger charge is -2.26. The van der Waals surface area contributed by atoms with Crippen molar-refractivity contribution < 1.29 is 26.4 Å². The highest BCUT2D eigenvalue weighted by atomic mass is 35.5. The Hall–Kier alpha value is -2.18. The van der Waals surface area contributed by atoms with Gasteiger partial charge in [0.2, 0.25) is 26.0 Å². The number of ether oxygens (including phenoxy) is 1. The van der Waals surface area contributed by atoms with Crippen LogP contribution in [0.15, 0.2) is 52.3 Å². The smallest absolute Gasteiger partial charge is 0.243 e. The van der Waals surface area contributed by atoms with E-state index >= 15 is 0 Å². The number of sulfonamides is 2. The zero-order valence-corrected chi connectivity index (χ0v) is 20.7. The van der Waals surface area contributed by atoms with E-state index in [1.807, 2.05) is 0 Å². The van der Waals surface area contributed by atoms with Gasteiger partial charge in [-0.15, -0.1) is 0 Å². The van der Waals surface area contributed by atoms with Crippen molar-refractivity contribution in [3.8, 4) is 5.75 Å². The molecule has 1 amide bonds. The maximum atomic E-state index is 13.0. The largest absolute Gasteiger partial charge is 0.495 e. The Labute approximate surface area is 199 Å². The quantitative estimate of drug-likeness (QED) is 0.578. The van der Waals surface area contributed by atoms with Gasteiger partial charge >= 0.3 is 0 Å². The summed E-state index contributed by atoms with van der Waals surface area (Å²) >= 11 is 5.81. The van der Waals surface area contributed by atoms with Crippen LogP contribution in [-0.4, -0.2) is 65.1 Å². The molecular formula is C21H26ClN3O6S2. The Morgan fingerprint density at radius 3 is 2.24 bits per heavy atom. The van der Waals surface area contributed by atoms with Gasteiger partial charge in [0.15, 0.2) is 0 Å². The first-order valence-electron chi connectivity index (χ1n) is 10.3. The molecule has 0 radical (unpaired) electrons. The minimum Gasteiger partial charge on any atom is -0.495 e. The second-order valence-electron chi connectivity index (χ2n) is 7.59. The zero-order chi connectivity index (χ0) is 24.2. The molecule has 1 aliphatic rings. The number of nitrogens with one attached hydrogen (secondary N) is 1. The number of rotatable bonds is 8. The van der Waals surface area contributed by atoms with Crippen molar-refractivity contribution in [1.82, 2.24) is 8.61 Å². The maximum absolute atomic E-state index is 13.0. The number of hydrogen-bond acceptors (Lipinski definition) is 6. The van der Waals surface area contributed by atoms with Gasteiger partial charge in [-0.1, -0.05) is 18.0 Å². The average molecular weight is 516 g/mol. The zero-order valence-electron chi connectivity index (χ0n) is 18.3. The van der Waals surface area contributed by atoms with Crippen LogP contribution in [0.5, 0.6) is 5.75 Å². The Bertz CT molecular complexity index is 1210. The normalized spacial score (nSPS) is 15.4. The van der Waals surface area contributed by atoms with Crippen LogP contribution < -0.4 is 10.1 Å². The van der Waals surface area contributed by atoms with Crippen LogP contribution in [0, 0.1) is 0 Å². The number of carbonyl (C=O) groups is 1. The van der Waals surface area contributed by atoms with E-state index in [9.17, 15) is 21.6 Å². The third-order valence-electron chi connectivity index (χ3n) is 5.29. The van der Waals surface area contributed by atoms with E-state index in [2.05, 4.69) is 5.32 Å². The summed E-state index contributed by atoms with van der Waals surface area (Å²) in [6.07, 6.45) is 2.59. The summed E-state index contributed by atoms with van der Waals surface area (Å²) in [4.78, 5) is 12.7. The highest BCUT2D eigenvalue weighted by Crippen LogP contribution is 2.30. The van der Waals surface area contributed by atoms with E-state index in [4.69, 9.17) is 16.3 Å². The van der Waals surface area contributed by atoms with Crippen LogP contribution >= 0.6 is 11.6 Å². The molecule has 1 heterocycles. The first-order chi connectivity index (χ1) is 15.6. The lowest BCUT2D eigenvalue weighted by atomic mass is 10.2. The van der Waals surface area contributed by atoms with E-state index in [-0.39, 0.29) is 21.2 Å². The van der Waals surface area contributed by atoms with Gasteiger partial charge in [0.05, 0.1) is 29.1 Å². The van der Waals surface area contributed by atoms with Gasteiger partial charge in [0.1, 0.15) is 5.75 Å². The van der Waals surface area contributed by atoms with Crippen molar-refractivity contribution in [3.63, 3.8) is 0 Å². The highest BCUT2D eigenvalue weighted by Gasteiger charge is 2.28. The molecule has 0 atom stereocenters. The third-order valence-corrected chi connectivity index (χ3v) is 9.25. The molecule has 180 valence electrons. The molecule has 2 aromatic carbocycles. The van der Waals surface area contributed by atoms with E-state index in [1.54, 1.807) is 0 Å². The number of amides is 1. The van der Waals surface area contributed by atoms with Crippen LogP contribution in [0.3, 0.4) is 0 Å². The summed E-state index contributed by atoms with van der Waals surface area (Å²) in [5.74, 6) is -0.398. The molecule has 0 unspecified atom stereocenters. The minimum atomic E-state index is -3.92. The Balaban J connectivity index is 1.78. The Morgan fingerprint density at radius 2 is 1.64 bits per heavy atom. The molecule has 33 heavy (non-hydrogen) atoms. The fraction of sp³-hybridized carbons (Fsp3) is 0.381. The molecule has 1 aliphatic heterocycles. The van der Waals surface area contributed by atoms with Crippen LogP contribution in [-0.2, 0) is 24.8 Å². The Kier molecular flexibility index (Phi) is 8.01. The summed E-state index contributed by atoms with van der Waals surface area (Å²) < 4.78 is 59.0. The van der Waals surface area contributed by atoms with Gasteiger partial charge in [0, 0.05) is 25.2 Å². The number of halogens is 1. The lowest BCUT2D eigenvalue weighted by molar-refractivity contribution is -0.116. The maximum Gasteiger partial charge on any atom is 0.243 e. The van der Waals surface area contributed by atoms with Gasteiger partial charge in [-0.3, -0.25) is 4.79 Å². The standard InChI is InChI=1S/C21H26ClN3O6S2/c1-24(32(27,28)17-8-6-16(22)7-9-17)15-21(26)23-19-14-18(10-11-20(19)31-2)33(29,30)25-12-4-3-5-13-25/h6-11,14H,3-5,12-13,15H2,1-2H3,(H,23,26). The molecule has 0 spiro atoms. The average Bonchev–Trinajstić information content (AvgIpc) is 2.79. The van der Waals surface area contributed by atoms with Gasteiger partial charge in [-0.25, -0.2) is 16.8 Å². The van der Waals surface area contributed by atoms with E-state index in [1.165, 1.54) is 60.9 Å². The van der Waals surface area contributed by atoms with Crippen molar-refractivity contribution in [3.05, 3.63) is 47.5 Å². The topological polar surface area (TPSA) is 113 Å². The molecule has 3 rings (SSSR count). The molecule has 0 saturated carbocycles. The predicted molar refractivity (Wildman–Crippen MR) is 126 cm³/mol. The SMILES string of the molecule is COc1ccc(S(=O)(=O)N2CCCCC2)cc1NC(=O)CN(C)S(=O)(=O)c1ccc(Cl)cc1. The fourth-order valence-electron chi connectivity index (χ4n) is 3.46. The summed E-state index contributed by atoms with van der Waals surface area (Å²) in [6, 6.07) is 9.81.